The lowest BCUT2D eigenvalue weighted by Gasteiger charge is -2.04. The molecular formula is C13H15N3O4S. The molecule has 21 heavy (non-hydrogen) atoms. The van der Waals surface area contributed by atoms with Gasteiger partial charge in [0.1, 0.15) is 0 Å². The maximum Gasteiger partial charge on any atom is 0.304 e. The molecule has 112 valence electrons. The summed E-state index contributed by atoms with van der Waals surface area (Å²) < 4.78 is 27.2. The Morgan fingerprint density at radius 1 is 1.29 bits per heavy atom. The summed E-state index contributed by atoms with van der Waals surface area (Å²) in [5.41, 5.74) is 1.36. The molecule has 0 bridgehead atoms. The molecule has 0 atom stereocenters. The number of hydrogen-bond donors (Lipinski definition) is 2. The standard InChI is InChI=1S/C13H15N3O4S/c17-13(18)6-7-21(19,20)15-12-8-14-16(10-12)9-11-4-2-1-3-5-11/h1-5,8,10,15H,6-7,9H2,(H,17,18). The summed E-state index contributed by atoms with van der Waals surface area (Å²) in [6.07, 6.45) is 2.51. The molecule has 0 radical (unpaired) electrons. The Kier molecular flexibility index (Phi) is 4.59. The van der Waals surface area contributed by atoms with E-state index in [1.165, 1.54) is 6.20 Å². The first kappa shape index (κ1) is 15.0. The van der Waals surface area contributed by atoms with E-state index in [9.17, 15) is 13.2 Å². The number of sulfonamides is 1. The lowest BCUT2D eigenvalue weighted by atomic mass is 10.2. The van der Waals surface area contributed by atoms with Crippen molar-refractivity contribution >= 4 is 21.7 Å². The van der Waals surface area contributed by atoms with Crippen molar-refractivity contribution in [3.05, 3.63) is 48.3 Å². The highest BCUT2D eigenvalue weighted by molar-refractivity contribution is 7.92. The molecular weight excluding hydrogens is 294 g/mol. The van der Waals surface area contributed by atoms with Crippen LogP contribution < -0.4 is 4.72 Å². The second kappa shape index (κ2) is 6.40. The van der Waals surface area contributed by atoms with Crippen molar-refractivity contribution in [1.82, 2.24) is 9.78 Å². The molecule has 2 N–H and O–H groups in total. The Morgan fingerprint density at radius 3 is 2.67 bits per heavy atom. The Labute approximate surface area is 122 Å². The molecule has 0 saturated heterocycles. The van der Waals surface area contributed by atoms with Crippen LogP contribution in [0.25, 0.3) is 0 Å². The van der Waals surface area contributed by atoms with Gasteiger partial charge in [-0.05, 0) is 5.56 Å². The zero-order chi connectivity index (χ0) is 15.3. The third-order valence-corrected chi connectivity index (χ3v) is 3.97. The molecule has 0 aliphatic heterocycles. The van der Waals surface area contributed by atoms with Gasteiger partial charge in [0.25, 0.3) is 0 Å². The van der Waals surface area contributed by atoms with Gasteiger partial charge in [0.05, 0.1) is 30.6 Å². The highest BCUT2D eigenvalue weighted by Crippen LogP contribution is 2.10. The van der Waals surface area contributed by atoms with E-state index in [0.29, 0.717) is 12.2 Å². The summed E-state index contributed by atoms with van der Waals surface area (Å²) in [4.78, 5) is 10.4. The molecule has 1 aromatic heterocycles. The number of aromatic nitrogens is 2. The van der Waals surface area contributed by atoms with Gasteiger partial charge in [-0.2, -0.15) is 5.10 Å². The molecule has 0 spiro atoms. The van der Waals surface area contributed by atoms with Gasteiger partial charge in [-0.15, -0.1) is 0 Å². The van der Waals surface area contributed by atoms with Crippen LogP contribution >= 0.6 is 0 Å². The number of benzene rings is 1. The van der Waals surface area contributed by atoms with Crippen LogP contribution in [0.3, 0.4) is 0 Å². The van der Waals surface area contributed by atoms with Crippen LogP contribution in [0.15, 0.2) is 42.7 Å². The van der Waals surface area contributed by atoms with Crippen molar-refractivity contribution in [2.24, 2.45) is 0 Å². The first-order chi connectivity index (χ1) is 9.94. The van der Waals surface area contributed by atoms with E-state index in [0.717, 1.165) is 5.56 Å². The fourth-order valence-electron chi connectivity index (χ4n) is 1.73. The van der Waals surface area contributed by atoms with Gasteiger partial charge in [0.15, 0.2) is 0 Å². The minimum atomic E-state index is -3.67. The van der Waals surface area contributed by atoms with Gasteiger partial charge in [0, 0.05) is 6.20 Å². The summed E-state index contributed by atoms with van der Waals surface area (Å²) in [7, 11) is -3.67. The third-order valence-electron chi connectivity index (χ3n) is 2.68. The average Bonchev–Trinajstić information content (AvgIpc) is 2.84. The number of rotatable bonds is 7. The lowest BCUT2D eigenvalue weighted by Crippen LogP contribution is -2.18. The largest absolute Gasteiger partial charge is 0.481 e. The fraction of sp³-hybridized carbons (Fsp3) is 0.231. The molecule has 0 aliphatic carbocycles. The number of carboxylic acid groups (broad SMARTS) is 1. The maximum absolute atomic E-state index is 11.7. The maximum atomic E-state index is 11.7. The second-order valence-corrected chi connectivity index (χ2v) is 6.32. The van der Waals surface area contributed by atoms with Gasteiger partial charge in [-0.25, -0.2) is 8.42 Å². The van der Waals surface area contributed by atoms with E-state index in [4.69, 9.17) is 5.11 Å². The molecule has 0 saturated carbocycles. The Morgan fingerprint density at radius 2 is 2.00 bits per heavy atom. The summed E-state index contributed by atoms with van der Waals surface area (Å²) in [6.45, 7) is 0.525. The van der Waals surface area contributed by atoms with E-state index in [1.807, 2.05) is 30.3 Å². The SMILES string of the molecule is O=C(O)CCS(=O)(=O)Nc1cnn(Cc2ccccc2)c1. The van der Waals surface area contributed by atoms with Crippen LogP contribution in [-0.2, 0) is 21.4 Å². The number of hydrogen-bond acceptors (Lipinski definition) is 4. The van der Waals surface area contributed by atoms with Crippen molar-refractivity contribution in [2.45, 2.75) is 13.0 Å². The summed E-state index contributed by atoms with van der Waals surface area (Å²) in [5, 5.41) is 12.6. The van der Waals surface area contributed by atoms with Gasteiger partial charge in [0.2, 0.25) is 10.0 Å². The minimum Gasteiger partial charge on any atom is -0.481 e. The molecule has 1 heterocycles. The highest BCUT2D eigenvalue weighted by Gasteiger charge is 2.13. The van der Waals surface area contributed by atoms with Crippen molar-refractivity contribution in [2.75, 3.05) is 10.5 Å². The molecule has 0 aliphatic rings. The number of aliphatic carboxylic acids is 1. The van der Waals surface area contributed by atoms with Crippen molar-refractivity contribution in [3.63, 3.8) is 0 Å². The molecule has 0 unspecified atom stereocenters. The van der Waals surface area contributed by atoms with Crippen molar-refractivity contribution in [3.8, 4) is 0 Å². The normalized spacial score (nSPS) is 11.2. The fourth-order valence-corrected chi connectivity index (χ4v) is 2.74. The van der Waals surface area contributed by atoms with Crippen LogP contribution in [0, 0.1) is 0 Å². The first-order valence-corrected chi connectivity index (χ1v) is 7.88. The van der Waals surface area contributed by atoms with Gasteiger partial charge >= 0.3 is 5.97 Å². The third kappa shape index (κ3) is 4.92. The van der Waals surface area contributed by atoms with Crippen LogP contribution in [0.5, 0.6) is 0 Å². The summed E-state index contributed by atoms with van der Waals surface area (Å²) in [5.74, 6) is -1.62. The Bertz CT molecular complexity index is 710. The molecule has 0 amide bonds. The smallest absolute Gasteiger partial charge is 0.304 e. The van der Waals surface area contributed by atoms with E-state index >= 15 is 0 Å². The number of carboxylic acids is 1. The highest BCUT2D eigenvalue weighted by atomic mass is 32.2. The molecule has 0 fully saturated rings. The zero-order valence-electron chi connectivity index (χ0n) is 11.1. The van der Waals surface area contributed by atoms with Gasteiger partial charge < -0.3 is 5.11 Å². The Balaban J connectivity index is 1.98. The minimum absolute atomic E-state index is 0.316. The van der Waals surface area contributed by atoms with Gasteiger partial charge in [-0.3, -0.25) is 14.2 Å². The zero-order valence-corrected chi connectivity index (χ0v) is 12.0. The first-order valence-electron chi connectivity index (χ1n) is 6.23. The van der Waals surface area contributed by atoms with Crippen LogP contribution in [0.1, 0.15) is 12.0 Å². The molecule has 1 aromatic carbocycles. The molecule has 2 rings (SSSR count). The van der Waals surface area contributed by atoms with E-state index in [1.54, 1.807) is 10.9 Å². The number of carbonyl (C=O) groups is 1. The predicted octanol–water partition coefficient (Wildman–Crippen LogP) is 1.15. The number of nitrogens with zero attached hydrogens (tertiary/aromatic N) is 2. The van der Waals surface area contributed by atoms with E-state index in [-0.39, 0.29) is 0 Å². The quantitative estimate of drug-likeness (QED) is 0.799. The summed E-state index contributed by atoms with van der Waals surface area (Å²) in [6, 6.07) is 9.62. The van der Waals surface area contributed by atoms with Crippen LogP contribution in [0.2, 0.25) is 0 Å². The van der Waals surface area contributed by atoms with Crippen molar-refractivity contribution in [1.29, 1.82) is 0 Å². The average molecular weight is 309 g/mol. The topological polar surface area (TPSA) is 101 Å². The summed E-state index contributed by atoms with van der Waals surface area (Å²) >= 11 is 0. The molecule has 8 heteroatoms. The van der Waals surface area contributed by atoms with E-state index < -0.39 is 28.2 Å². The van der Waals surface area contributed by atoms with Crippen LogP contribution in [-0.4, -0.2) is 35.0 Å². The van der Waals surface area contributed by atoms with Crippen LogP contribution in [0.4, 0.5) is 5.69 Å². The number of anilines is 1. The second-order valence-electron chi connectivity index (χ2n) is 4.48. The van der Waals surface area contributed by atoms with E-state index in [2.05, 4.69) is 9.82 Å². The Hall–Kier alpha value is -2.35. The number of nitrogens with one attached hydrogen (secondary N) is 1. The predicted molar refractivity (Wildman–Crippen MR) is 77.4 cm³/mol. The molecule has 2 aromatic rings. The monoisotopic (exact) mass is 309 g/mol. The van der Waals surface area contributed by atoms with Gasteiger partial charge in [-0.1, -0.05) is 30.3 Å². The molecule has 7 nitrogen and oxygen atoms in total. The van der Waals surface area contributed by atoms with Crippen molar-refractivity contribution < 1.29 is 18.3 Å². The lowest BCUT2D eigenvalue weighted by molar-refractivity contribution is -0.136.